The molecule has 1 aromatic heterocycles. The second-order valence-corrected chi connectivity index (χ2v) is 10.4. The van der Waals surface area contributed by atoms with Crippen LogP contribution < -0.4 is 14.2 Å². The van der Waals surface area contributed by atoms with Gasteiger partial charge in [-0.25, -0.2) is 13.1 Å². The van der Waals surface area contributed by atoms with Gasteiger partial charge in [0.15, 0.2) is 0 Å². The van der Waals surface area contributed by atoms with Gasteiger partial charge in [0.2, 0.25) is 10.0 Å². The normalized spacial score (nSPS) is 11.4. The van der Waals surface area contributed by atoms with Crippen LogP contribution in [0.5, 0.6) is 11.5 Å². The van der Waals surface area contributed by atoms with E-state index in [1.54, 1.807) is 43.3 Å². The van der Waals surface area contributed by atoms with Gasteiger partial charge in [-0.2, -0.15) is 0 Å². The van der Waals surface area contributed by atoms with Crippen molar-refractivity contribution < 1.29 is 22.7 Å². The van der Waals surface area contributed by atoms with E-state index in [4.69, 9.17) is 9.47 Å². The van der Waals surface area contributed by atoms with E-state index < -0.39 is 10.0 Å². The summed E-state index contributed by atoms with van der Waals surface area (Å²) in [4.78, 5) is 16.2. The molecule has 0 aliphatic rings. The Morgan fingerprint density at radius 1 is 1.00 bits per heavy atom. The van der Waals surface area contributed by atoms with Gasteiger partial charge in [0.1, 0.15) is 16.4 Å². The lowest BCUT2D eigenvalue weighted by molar-refractivity contribution is 0.0730. The van der Waals surface area contributed by atoms with E-state index >= 15 is 0 Å². The number of methoxy groups -OCH3 is 2. The maximum atomic E-state index is 13.6. The van der Waals surface area contributed by atoms with E-state index in [-0.39, 0.29) is 28.2 Å². The van der Waals surface area contributed by atoms with E-state index in [1.165, 1.54) is 19.2 Å². The highest BCUT2D eigenvalue weighted by Gasteiger charge is 2.25. The molecule has 0 atom stereocenters. The molecule has 0 unspecified atom stereocenters. The highest BCUT2D eigenvalue weighted by Crippen LogP contribution is 2.28. The van der Waals surface area contributed by atoms with E-state index in [2.05, 4.69) is 4.72 Å². The van der Waals surface area contributed by atoms with E-state index in [9.17, 15) is 13.2 Å². The van der Waals surface area contributed by atoms with Crippen LogP contribution in [0.3, 0.4) is 0 Å². The molecule has 1 heterocycles. The molecule has 3 aromatic rings. The minimum Gasteiger partial charge on any atom is -0.496 e. The molecule has 33 heavy (non-hydrogen) atoms. The van der Waals surface area contributed by atoms with Crippen LogP contribution in [0.2, 0.25) is 0 Å². The van der Waals surface area contributed by atoms with Crippen LogP contribution >= 0.6 is 11.3 Å². The number of benzene rings is 2. The van der Waals surface area contributed by atoms with Crippen molar-refractivity contribution in [1.29, 1.82) is 0 Å². The van der Waals surface area contributed by atoms with Crippen LogP contribution in [0.25, 0.3) is 0 Å². The van der Waals surface area contributed by atoms with Crippen LogP contribution in [0.15, 0.2) is 64.9 Å². The number of sulfonamides is 1. The van der Waals surface area contributed by atoms with E-state index in [1.807, 2.05) is 41.8 Å². The summed E-state index contributed by atoms with van der Waals surface area (Å²) in [6.45, 7) is 4.15. The number of ether oxygens (including phenoxy) is 2. The number of carbonyl (C=O) groups excluding carboxylic acids is 1. The zero-order valence-electron chi connectivity index (χ0n) is 19.1. The Labute approximate surface area is 199 Å². The number of carbonyl (C=O) groups is 1. The largest absolute Gasteiger partial charge is 0.496 e. The maximum absolute atomic E-state index is 13.6. The summed E-state index contributed by atoms with van der Waals surface area (Å²) in [7, 11) is -0.878. The number of nitrogens with one attached hydrogen (secondary N) is 1. The summed E-state index contributed by atoms with van der Waals surface area (Å²) < 4.78 is 39.0. The van der Waals surface area contributed by atoms with Crippen LogP contribution in [0, 0.1) is 0 Å². The first-order valence-corrected chi connectivity index (χ1v) is 12.8. The predicted octanol–water partition coefficient (Wildman–Crippen LogP) is 4.29. The summed E-state index contributed by atoms with van der Waals surface area (Å²) >= 11 is 1.55. The Morgan fingerprint density at radius 2 is 1.73 bits per heavy atom. The zero-order chi connectivity index (χ0) is 24.0. The Balaban J connectivity index is 2.00. The molecule has 0 radical (unpaired) electrons. The number of nitrogens with zero attached hydrogens (tertiary/aromatic N) is 1. The van der Waals surface area contributed by atoms with Gasteiger partial charge < -0.3 is 14.4 Å². The molecule has 0 aliphatic heterocycles. The third-order valence-electron chi connectivity index (χ3n) is 4.86. The third kappa shape index (κ3) is 6.13. The fourth-order valence-electron chi connectivity index (χ4n) is 3.41. The van der Waals surface area contributed by atoms with Gasteiger partial charge in [-0.1, -0.05) is 24.3 Å². The number of hydrogen-bond donors (Lipinski definition) is 1. The molecule has 0 saturated carbocycles. The van der Waals surface area contributed by atoms with Crippen LogP contribution in [-0.4, -0.2) is 39.5 Å². The van der Waals surface area contributed by atoms with Crippen molar-refractivity contribution in [3.63, 3.8) is 0 Å². The molecule has 3 rings (SSSR count). The van der Waals surface area contributed by atoms with Gasteiger partial charge in [-0.15, -0.1) is 11.3 Å². The number of rotatable bonds is 10. The van der Waals surface area contributed by atoms with Gasteiger partial charge in [-0.05, 0) is 49.6 Å². The molecule has 0 aliphatic carbocycles. The first kappa shape index (κ1) is 24.8. The quantitative estimate of drug-likeness (QED) is 0.460. The number of hydrogen-bond acceptors (Lipinski definition) is 6. The Morgan fingerprint density at radius 3 is 2.36 bits per heavy atom. The van der Waals surface area contributed by atoms with Gasteiger partial charge in [0, 0.05) is 22.0 Å². The first-order valence-electron chi connectivity index (χ1n) is 10.4. The van der Waals surface area contributed by atoms with Gasteiger partial charge >= 0.3 is 0 Å². The van der Waals surface area contributed by atoms with Crippen LogP contribution in [0.4, 0.5) is 0 Å². The summed E-state index contributed by atoms with van der Waals surface area (Å²) in [6, 6.07) is 15.6. The standard InChI is InChI=1S/C24H28N2O5S2/c1-17(2)25-33(28,29)23-14-18(11-12-22(23)31-4)24(27)26(16-20-9-7-13-32-20)15-19-8-5-6-10-21(19)30-3/h5-14,17,25H,15-16H2,1-4H3. The van der Waals surface area contributed by atoms with Crippen molar-refractivity contribution in [2.24, 2.45) is 0 Å². The molecular weight excluding hydrogens is 460 g/mol. The number of para-hydroxylation sites is 1. The second-order valence-electron chi connectivity index (χ2n) is 7.69. The summed E-state index contributed by atoms with van der Waals surface area (Å²) in [5.74, 6) is 0.563. The number of thiophene rings is 1. The lowest BCUT2D eigenvalue weighted by Crippen LogP contribution is -2.32. The van der Waals surface area contributed by atoms with Gasteiger partial charge in [-0.3, -0.25) is 4.79 Å². The molecule has 0 saturated heterocycles. The topological polar surface area (TPSA) is 84.9 Å². The molecule has 176 valence electrons. The molecule has 2 aromatic carbocycles. The minimum atomic E-state index is -3.87. The molecular formula is C24H28N2O5S2. The molecule has 9 heteroatoms. The van der Waals surface area contributed by atoms with Crippen molar-refractivity contribution in [3.05, 3.63) is 76.0 Å². The second kappa shape index (κ2) is 10.8. The Bertz CT molecular complexity index is 1190. The summed E-state index contributed by atoms with van der Waals surface area (Å²) in [5, 5.41) is 1.96. The SMILES string of the molecule is COc1ccccc1CN(Cc1cccs1)C(=O)c1ccc(OC)c(S(=O)(=O)NC(C)C)c1. The average Bonchev–Trinajstić information content (AvgIpc) is 3.30. The van der Waals surface area contributed by atoms with Crippen molar-refractivity contribution >= 4 is 27.3 Å². The van der Waals surface area contributed by atoms with E-state index in [0.29, 0.717) is 18.8 Å². The van der Waals surface area contributed by atoms with Crippen molar-refractivity contribution in [2.45, 2.75) is 37.9 Å². The molecule has 0 bridgehead atoms. The van der Waals surface area contributed by atoms with E-state index in [0.717, 1.165) is 10.4 Å². The summed E-state index contributed by atoms with van der Waals surface area (Å²) in [6.07, 6.45) is 0. The predicted molar refractivity (Wildman–Crippen MR) is 129 cm³/mol. The fraction of sp³-hybridized carbons (Fsp3) is 0.292. The van der Waals surface area contributed by atoms with Gasteiger partial charge in [0.25, 0.3) is 5.91 Å². The molecule has 1 amide bonds. The zero-order valence-corrected chi connectivity index (χ0v) is 20.7. The molecule has 7 nitrogen and oxygen atoms in total. The molecule has 0 spiro atoms. The highest BCUT2D eigenvalue weighted by atomic mass is 32.2. The maximum Gasteiger partial charge on any atom is 0.254 e. The first-order chi connectivity index (χ1) is 15.7. The van der Waals surface area contributed by atoms with Crippen molar-refractivity contribution in [1.82, 2.24) is 9.62 Å². The minimum absolute atomic E-state index is 0.0714. The number of amides is 1. The fourth-order valence-corrected chi connectivity index (χ4v) is 5.57. The highest BCUT2D eigenvalue weighted by molar-refractivity contribution is 7.89. The summed E-state index contributed by atoms with van der Waals surface area (Å²) in [5.41, 5.74) is 1.11. The lowest BCUT2D eigenvalue weighted by atomic mass is 10.1. The Kier molecular flexibility index (Phi) is 8.12. The van der Waals surface area contributed by atoms with Crippen LogP contribution in [0.1, 0.15) is 34.6 Å². The molecule has 0 fully saturated rings. The lowest BCUT2D eigenvalue weighted by Gasteiger charge is -2.24. The smallest absolute Gasteiger partial charge is 0.254 e. The Hall–Kier alpha value is -2.88. The molecule has 1 N–H and O–H groups in total. The monoisotopic (exact) mass is 488 g/mol. The van der Waals surface area contributed by atoms with Crippen LogP contribution in [-0.2, 0) is 23.1 Å². The third-order valence-corrected chi connectivity index (χ3v) is 7.40. The van der Waals surface area contributed by atoms with Crippen molar-refractivity contribution in [3.8, 4) is 11.5 Å². The van der Waals surface area contributed by atoms with Gasteiger partial charge in [0.05, 0.1) is 27.3 Å². The van der Waals surface area contributed by atoms with Crippen molar-refractivity contribution in [2.75, 3.05) is 14.2 Å². The average molecular weight is 489 g/mol.